The van der Waals surface area contributed by atoms with Gasteiger partial charge in [0.05, 0.1) is 5.02 Å². The first-order valence-corrected chi connectivity index (χ1v) is 10.7. The molecular weight excluding hydrogens is 423 g/mol. The van der Waals surface area contributed by atoms with E-state index in [2.05, 4.69) is 10.6 Å². The molecule has 2 N–H and O–H groups in total. The number of fused-ring (bicyclic) bond motifs is 2. The van der Waals surface area contributed by atoms with Crippen LogP contribution in [-0.2, 0) is 4.79 Å². The van der Waals surface area contributed by atoms with Crippen molar-refractivity contribution in [1.29, 1.82) is 0 Å². The van der Waals surface area contributed by atoms with Crippen LogP contribution in [0.25, 0.3) is 0 Å². The third-order valence-electron chi connectivity index (χ3n) is 6.00. The summed E-state index contributed by atoms with van der Waals surface area (Å²) in [5.74, 6) is 0.643. The lowest BCUT2D eigenvalue weighted by Gasteiger charge is -2.51. The average Bonchev–Trinajstić information content (AvgIpc) is 2.69. The number of hydrogen-bond acceptors (Lipinski definition) is 4. The quantitative estimate of drug-likeness (QED) is 0.696. The van der Waals surface area contributed by atoms with Crippen LogP contribution in [0, 0.1) is 24.6 Å². The molecule has 0 aliphatic heterocycles. The Kier molecular flexibility index (Phi) is 6.32. The summed E-state index contributed by atoms with van der Waals surface area (Å²) in [6.07, 6.45) is 2.05. The topological polar surface area (TPSA) is 76.7 Å². The maximum atomic E-state index is 13.5. The zero-order valence-corrected chi connectivity index (χ0v) is 17.8. The predicted octanol–water partition coefficient (Wildman–Crippen LogP) is 4.24. The van der Waals surface area contributed by atoms with Crippen LogP contribution in [0.3, 0.4) is 0 Å². The number of carbonyl (C=O) groups is 2. The van der Waals surface area contributed by atoms with Gasteiger partial charge in [0.2, 0.25) is 0 Å². The molecule has 2 atom stereocenters. The minimum absolute atomic E-state index is 0.00186. The number of benzene rings is 2. The Hall–Kier alpha value is -2.80. The lowest BCUT2D eigenvalue weighted by molar-refractivity contribution is -0.125. The summed E-state index contributed by atoms with van der Waals surface area (Å²) in [5.41, 5.74) is 1.09. The fourth-order valence-corrected chi connectivity index (χ4v) is 4.35. The van der Waals surface area contributed by atoms with Gasteiger partial charge in [-0.1, -0.05) is 29.3 Å². The van der Waals surface area contributed by atoms with E-state index < -0.39 is 11.9 Å². The molecule has 5 rings (SSSR count). The zero-order chi connectivity index (χ0) is 22.0. The molecular formula is C23H24ClFN2O4. The van der Waals surface area contributed by atoms with Gasteiger partial charge in [-0.15, -0.1) is 0 Å². The maximum absolute atomic E-state index is 13.5. The molecule has 31 heavy (non-hydrogen) atoms. The van der Waals surface area contributed by atoms with Gasteiger partial charge in [0.25, 0.3) is 5.91 Å². The van der Waals surface area contributed by atoms with Crippen molar-refractivity contribution in [1.82, 2.24) is 10.6 Å². The van der Waals surface area contributed by atoms with Crippen LogP contribution in [0.5, 0.6) is 11.5 Å². The lowest BCUT2D eigenvalue weighted by atomic mass is 9.60. The molecule has 0 aromatic heterocycles. The summed E-state index contributed by atoms with van der Waals surface area (Å²) in [4.78, 5) is 24.6. The Balaban J connectivity index is 1.26. The molecule has 0 unspecified atom stereocenters. The molecule has 0 spiro atoms. The largest absolute Gasteiger partial charge is 0.484 e. The molecule has 3 aliphatic rings. The standard InChI is InChI=1S/C23H24ClFN2O4/c1-13-2-4-16(5-3-13)31-23(29)27-21-11-20(14-8-15(21)9-14)26-22(28)12-30-17-6-7-18(24)19(25)10-17/h2-7,10,14-15,20-21H,8-9,11-12H2,1H3,(H,26,28)(H,27,29)/t14?,15?,20-,21+/m0/s1. The van der Waals surface area contributed by atoms with Gasteiger partial charge in [0, 0.05) is 18.2 Å². The molecule has 164 valence electrons. The first-order chi connectivity index (χ1) is 14.9. The van der Waals surface area contributed by atoms with E-state index >= 15 is 0 Å². The molecule has 2 aromatic rings. The van der Waals surface area contributed by atoms with E-state index in [1.54, 1.807) is 12.1 Å². The Morgan fingerprint density at radius 3 is 2.32 bits per heavy atom. The predicted molar refractivity (Wildman–Crippen MR) is 114 cm³/mol. The fraction of sp³-hybridized carbons (Fsp3) is 0.391. The van der Waals surface area contributed by atoms with Crippen molar-refractivity contribution in [3.8, 4) is 11.5 Å². The molecule has 2 bridgehead atoms. The van der Waals surface area contributed by atoms with E-state index in [1.807, 2.05) is 19.1 Å². The van der Waals surface area contributed by atoms with Gasteiger partial charge in [0.15, 0.2) is 6.61 Å². The summed E-state index contributed by atoms with van der Waals surface area (Å²) in [6, 6.07) is 11.2. The van der Waals surface area contributed by atoms with E-state index in [0.29, 0.717) is 24.0 Å². The van der Waals surface area contributed by atoms with Gasteiger partial charge in [-0.05, 0) is 62.3 Å². The molecule has 3 saturated carbocycles. The number of amides is 2. The third-order valence-corrected chi connectivity index (χ3v) is 6.31. The van der Waals surface area contributed by atoms with E-state index in [1.165, 1.54) is 12.1 Å². The van der Waals surface area contributed by atoms with Crippen LogP contribution in [0.4, 0.5) is 9.18 Å². The minimum Gasteiger partial charge on any atom is -0.484 e. The monoisotopic (exact) mass is 446 g/mol. The number of nitrogens with one attached hydrogen (secondary N) is 2. The second kappa shape index (κ2) is 9.14. The molecule has 0 saturated heterocycles. The Bertz CT molecular complexity index is 963. The number of ether oxygens (including phenoxy) is 2. The highest BCUT2D eigenvalue weighted by Gasteiger charge is 2.47. The summed E-state index contributed by atoms with van der Waals surface area (Å²) in [5, 5.41) is 5.93. The highest BCUT2D eigenvalue weighted by molar-refractivity contribution is 6.30. The molecule has 6 nitrogen and oxygen atoms in total. The first kappa shape index (κ1) is 21.4. The zero-order valence-electron chi connectivity index (χ0n) is 17.1. The Morgan fingerprint density at radius 1 is 1.00 bits per heavy atom. The second-order valence-corrected chi connectivity index (χ2v) is 8.63. The van der Waals surface area contributed by atoms with Crippen LogP contribution in [0.15, 0.2) is 42.5 Å². The SMILES string of the molecule is Cc1ccc(OC(=O)N[C@@H]2C[C@H](NC(=O)COc3ccc(Cl)c(F)c3)C3CC2C3)cc1. The van der Waals surface area contributed by atoms with Gasteiger partial charge in [-0.25, -0.2) is 9.18 Å². The highest BCUT2D eigenvalue weighted by atomic mass is 35.5. The van der Waals surface area contributed by atoms with Gasteiger partial charge < -0.3 is 20.1 Å². The van der Waals surface area contributed by atoms with Gasteiger partial charge in [0.1, 0.15) is 17.3 Å². The first-order valence-electron chi connectivity index (χ1n) is 10.3. The van der Waals surface area contributed by atoms with Gasteiger partial charge >= 0.3 is 6.09 Å². The molecule has 8 heteroatoms. The van der Waals surface area contributed by atoms with Crippen LogP contribution in [-0.4, -0.2) is 30.7 Å². The Labute approximate surface area is 185 Å². The third kappa shape index (κ3) is 5.28. The van der Waals surface area contributed by atoms with Crippen LogP contribution in [0.2, 0.25) is 5.02 Å². The van der Waals surface area contributed by atoms with Crippen LogP contribution < -0.4 is 20.1 Å². The smallest absolute Gasteiger partial charge is 0.412 e. The van der Waals surface area contributed by atoms with Crippen molar-refractivity contribution in [2.75, 3.05) is 6.61 Å². The van der Waals surface area contributed by atoms with E-state index in [-0.39, 0.29) is 35.4 Å². The highest BCUT2D eigenvalue weighted by Crippen LogP contribution is 2.45. The summed E-state index contributed by atoms with van der Waals surface area (Å²) in [7, 11) is 0. The van der Waals surface area contributed by atoms with Crippen molar-refractivity contribution >= 4 is 23.6 Å². The average molecular weight is 447 g/mol. The number of rotatable bonds is 6. The van der Waals surface area contributed by atoms with Crippen LogP contribution >= 0.6 is 11.6 Å². The van der Waals surface area contributed by atoms with Crippen molar-refractivity contribution in [2.24, 2.45) is 11.8 Å². The number of hydrogen-bond donors (Lipinski definition) is 2. The molecule has 0 heterocycles. The molecule has 0 radical (unpaired) electrons. The lowest BCUT2D eigenvalue weighted by Crippen LogP contribution is -2.60. The van der Waals surface area contributed by atoms with Gasteiger partial charge in [-0.3, -0.25) is 4.79 Å². The number of halogens is 2. The van der Waals surface area contributed by atoms with Crippen LogP contribution in [0.1, 0.15) is 24.8 Å². The minimum atomic E-state index is -0.598. The summed E-state index contributed by atoms with van der Waals surface area (Å²) < 4.78 is 24.2. The van der Waals surface area contributed by atoms with Gasteiger partial charge in [-0.2, -0.15) is 0 Å². The maximum Gasteiger partial charge on any atom is 0.412 e. The van der Waals surface area contributed by atoms with Crippen molar-refractivity contribution in [2.45, 2.75) is 38.3 Å². The van der Waals surface area contributed by atoms with E-state index in [4.69, 9.17) is 21.1 Å². The molecule has 3 aliphatic carbocycles. The normalized spacial score (nSPS) is 24.0. The fourth-order valence-electron chi connectivity index (χ4n) is 4.24. The van der Waals surface area contributed by atoms with E-state index in [0.717, 1.165) is 24.5 Å². The molecule has 3 fully saturated rings. The van der Waals surface area contributed by atoms with Crippen molar-refractivity contribution < 1.29 is 23.5 Å². The summed E-state index contributed by atoms with van der Waals surface area (Å²) >= 11 is 5.65. The second-order valence-electron chi connectivity index (χ2n) is 8.22. The van der Waals surface area contributed by atoms with Crippen molar-refractivity contribution in [3.63, 3.8) is 0 Å². The molecule has 2 aromatic carbocycles. The van der Waals surface area contributed by atoms with E-state index in [9.17, 15) is 14.0 Å². The summed E-state index contributed by atoms with van der Waals surface area (Å²) in [6.45, 7) is 1.74. The molecule has 2 amide bonds. The number of aryl methyl sites for hydroxylation is 1. The van der Waals surface area contributed by atoms with Crippen molar-refractivity contribution in [3.05, 3.63) is 58.9 Å². The Morgan fingerprint density at radius 2 is 1.65 bits per heavy atom. The number of carbonyl (C=O) groups excluding carboxylic acids is 2.